The predicted octanol–water partition coefficient (Wildman–Crippen LogP) is 1.85. The lowest BCUT2D eigenvalue weighted by Gasteiger charge is -2.23. The third-order valence-corrected chi connectivity index (χ3v) is 3.86. The van der Waals surface area contributed by atoms with E-state index in [4.69, 9.17) is 4.74 Å². The fourth-order valence-corrected chi connectivity index (χ4v) is 2.75. The second-order valence-electron chi connectivity index (χ2n) is 5.22. The Hall–Kier alpha value is -2.11. The van der Waals surface area contributed by atoms with Crippen LogP contribution in [0.4, 0.5) is 0 Å². The van der Waals surface area contributed by atoms with Crippen molar-refractivity contribution < 1.29 is 19.4 Å². The van der Waals surface area contributed by atoms with Gasteiger partial charge in [-0.3, -0.25) is 9.59 Å². The van der Waals surface area contributed by atoms with Gasteiger partial charge in [0.25, 0.3) is 5.91 Å². The lowest BCUT2D eigenvalue weighted by molar-refractivity contribution is -0.142. The van der Waals surface area contributed by atoms with Crippen molar-refractivity contribution >= 4 is 11.9 Å². The van der Waals surface area contributed by atoms with E-state index in [1.54, 1.807) is 18.3 Å². The molecule has 0 aliphatic heterocycles. The van der Waals surface area contributed by atoms with E-state index in [0.717, 1.165) is 19.3 Å². The molecule has 0 radical (unpaired) electrons. The number of pyridine rings is 1. The minimum absolute atomic E-state index is 0.246. The maximum absolute atomic E-state index is 12.3. The Bertz CT molecular complexity index is 518. The number of carbonyl (C=O) groups excluding carboxylic acids is 1. The average molecular weight is 292 g/mol. The Morgan fingerprint density at radius 2 is 2.10 bits per heavy atom. The highest BCUT2D eigenvalue weighted by Crippen LogP contribution is 2.24. The van der Waals surface area contributed by atoms with E-state index in [1.807, 2.05) is 0 Å². The summed E-state index contributed by atoms with van der Waals surface area (Å²) in [7, 11) is 1.45. The number of aliphatic carboxylic acids is 1. The predicted molar refractivity (Wildman–Crippen MR) is 76.3 cm³/mol. The van der Waals surface area contributed by atoms with Crippen LogP contribution in [0.3, 0.4) is 0 Å². The number of methoxy groups -OCH3 is 1. The van der Waals surface area contributed by atoms with E-state index in [2.05, 4.69) is 10.3 Å². The molecule has 1 fully saturated rings. The lowest BCUT2D eigenvalue weighted by Crippen LogP contribution is -2.43. The molecule has 1 saturated carbocycles. The zero-order valence-electron chi connectivity index (χ0n) is 12.0. The van der Waals surface area contributed by atoms with Gasteiger partial charge in [-0.1, -0.05) is 19.3 Å². The third kappa shape index (κ3) is 3.71. The molecule has 2 atom stereocenters. The summed E-state index contributed by atoms with van der Waals surface area (Å²) in [6.45, 7) is 0. The van der Waals surface area contributed by atoms with Gasteiger partial charge >= 0.3 is 5.97 Å². The Labute approximate surface area is 123 Å². The molecule has 2 unspecified atom stereocenters. The van der Waals surface area contributed by atoms with Crippen LogP contribution in [0.5, 0.6) is 5.88 Å². The number of rotatable bonds is 4. The number of hydrogen-bond acceptors (Lipinski definition) is 4. The molecule has 1 aromatic rings. The number of carbonyl (C=O) groups is 2. The van der Waals surface area contributed by atoms with Crippen LogP contribution in [0, 0.1) is 5.92 Å². The highest BCUT2D eigenvalue weighted by Gasteiger charge is 2.31. The van der Waals surface area contributed by atoms with Crippen LogP contribution in [0.2, 0.25) is 0 Å². The van der Waals surface area contributed by atoms with Gasteiger partial charge in [-0.15, -0.1) is 0 Å². The second kappa shape index (κ2) is 7.06. The molecule has 2 rings (SSSR count). The molecule has 6 nitrogen and oxygen atoms in total. The van der Waals surface area contributed by atoms with Gasteiger partial charge in [0.05, 0.1) is 13.0 Å². The summed E-state index contributed by atoms with van der Waals surface area (Å²) in [4.78, 5) is 27.7. The standard InChI is InChI=1S/C15H20N2O4/c1-21-14-11(7-5-9-16-14)13(18)17-12-8-4-2-3-6-10(12)15(19)20/h5,7,9-10,12H,2-4,6,8H2,1H3,(H,17,18)(H,19,20). The van der Waals surface area contributed by atoms with Gasteiger partial charge in [0.15, 0.2) is 0 Å². The van der Waals surface area contributed by atoms with Crippen LogP contribution >= 0.6 is 0 Å². The summed E-state index contributed by atoms with van der Waals surface area (Å²) in [5.41, 5.74) is 0.327. The molecular weight excluding hydrogens is 272 g/mol. The van der Waals surface area contributed by atoms with Gasteiger partial charge < -0.3 is 15.2 Å². The first-order chi connectivity index (χ1) is 10.1. The number of ether oxygens (including phenoxy) is 1. The minimum atomic E-state index is -0.847. The largest absolute Gasteiger partial charge is 0.481 e. The Kier molecular flexibility index (Phi) is 5.14. The molecule has 2 N–H and O–H groups in total. The molecule has 0 aromatic carbocycles. The summed E-state index contributed by atoms with van der Waals surface area (Å²) in [5.74, 6) is -1.46. The van der Waals surface area contributed by atoms with Crippen molar-refractivity contribution in [1.29, 1.82) is 0 Å². The van der Waals surface area contributed by atoms with Crippen molar-refractivity contribution in [2.45, 2.75) is 38.1 Å². The summed E-state index contributed by atoms with van der Waals surface area (Å²) < 4.78 is 5.07. The number of nitrogens with one attached hydrogen (secondary N) is 1. The van der Waals surface area contributed by atoms with Crippen molar-refractivity contribution in [1.82, 2.24) is 10.3 Å². The van der Waals surface area contributed by atoms with E-state index in [0.29, 0.717) is 18.4 Å². The maximum Gasteiger partial charge on any atom is 0.308 e. The van der Waals surface area contributed by atoms with Crippen molar-refractivity contribution in [3.05, 3.63) is 23.9 Å². The van der Waals surface area contributed by atoms with Crippen LogP contribution < -0.4 is 10.1 Å². The highest BCUT2D eigenvalue weighted by molar-refractivity contribution is 5.96. The van der Waals surface area contributed by atoms with E-state index >= 15 is 0 Å². The topological polar surface area (TPSA) is 88.5 Å². The molecule has 0 spiro atoms. The molecule has 1 aromatic heterocycles. The molecule has 1 aliphatic carbocycles. The minimum Gasteiger partial charge on any atom is -0.481 e. The van der Waals surface area contributed by atoms with Crippen molar-refractivity contribution in [2.75, 3.05) is 7.11 Å². The van der Waals surface area contributed by atoms with Crippen molar-refractivity contribution in [2.24, 2.45) is 5.92 Å². The van der Waals surface area contributed by atoms with Gasteiger partial charge in [0, 0.05) is 12.2 Å². The van der Waals surface area contributed by atoms with Crippen LogP contribution in [0.25, 0.3) is 0 Å². The molecule has 6 heteroatoms. The number of nitrogens with zero attached hydrogens (tertiary/aromatic N) is 1. The van der Waals surface area contributed by atoms with Crippen molar-refractivity contribution in [3.63, 3.8) is 0 Å². The number of carboxylic acid groups (broad SMARTS) is 1. The van der Waals surface area contributed by atoms with Crippen LogP contribution in [0.1, 0.15) is 42.5 Å². The van der Waals surface area contributed by atoms with Crippen LogP contribution in [0.15, 0.2) is 18.3 Å². The smallest absolute Gasteiger partial charge is 0.308 e. The second-order valence-corrected chi connectivity index (χ2v) is 5.22. The first-order valence-electron chi connectivity index (χ1n) is 7.16. The molecular formula is C15H20N2O4. The Morgan fingerprint density at radius 3 is 2.81 bits per heavy atom. The van der Waals surface area contributed by atoms with Gasteiger partial charge in [-0.2, -0.15) is 0 Å². The van der Waals surface area contributed by atoms with E-state index < -0.39 is 11.9 Å². The molecule has 0 bridgehead atoms. The zero-order valence-corrected chi connectivity index (χ0v) is 12.0. The Morgan fingerprint density at radius 1 is 1.33 bits per heavy atom. The fraction of sp³-hybridized carbons (Fsp3) is 0.533. The van der Waals surface area contributed by atoms with Gasteiger partial charge in [0.1, 0.15) is 5.56 Å². The molecule has 21 heavy (non-hydrogen) atoms. The number of hydrogen-bond donors (Lipinski definition) is 2. The van der Waals surface area contributed by atoms with Gasteiger partial charge in [-0.05, 0) is 25.0 Å². The number of aromatic nitrogens is 1. The van der Waals surface area contributed by atoms with E-state index in [-0.39, 0.29) is 17.8 Å². The van der Waals surface area contributed by atoms with Gasteiger partial charge in [-0.25, -0.2) is 4.98 Å². The summed E-state index contributed by atoms with van der Waals surface area (Å²) >= 11 is 0. The zero-order chi connectivity index (χ0) is 15.2. The summed E-state index contributed by atoms with van der Waals surface area (Å²) in [5, 5.41) is 12.2. The molecule has 0 saturated heterocycles. The average Bonchev–Trinajstić information content (AvgIpc) is 2.72. The third-order valence-electron chi connectivity index (χ3n) is 3.86. The first kappa shape index (κ1) is 15.3. The Balaban J connectivity index is 2.14. The molecule has 1 amide bonds. The summed E-state index contributed by atoms with van der Waals surface area (Å²) in [6.07, 6.45) is 5.65. The van der Waals surface area contributed by atoms with E-state index in [9.17, 15) is 14.7 Å². The normalized spacial score (nSPS) is 22.1. The van der Waals surface area contributed by atoms with Crippen molar-refractivity contribution in [3.8, 4) is 5.88 Å². The monoisotopic (exact) mass is 292 g/mol. The van der Waals surface area contributed by atoms with Gasteiger partial charge in [0.2, 0.25) is 5.88 Å². The maximum atomic E-state index is 12.3. The SMILES string of the molecule is COc1ncccc1C(=O)NC1CCCCCC1C(=O)O. The quantitative estimate of drug-likeness (QED) is 0.827. The fourth-order valence-electron chi connectivity index (χ4n) is 2.75. The highest BCUT2D eigenvalue weighted by atomic mass is 16.5. The number of carboxylic acids is 1. The molecule has 1 heterocycles. The first-order valence-corrected chi connectivity index (χ1v) is 7.16. The lowest BCUT2D eigenvalue weighted by atomic mass is 9.94. The van der Waals surface area contributed by atoms with E-state index in [1.165, 1.54) is 7.11 Å². The summed E-state index contributed by atoms with van der Waals surface area (Å²) in [6, 6.07) is 2.93. The molecule has 1 aliphatic rings. The van der Waals surface area contributed by atoms with Crippen LogP contribution in [-0.2, 0) is 4.79 Å². The van der Waals surface area contributed by atoms with Crippen LogP contribution in [-0.4, -0.2) is 35.1 Å². The molecule has 114 valence electrons. The number of amides is 1.